The van der Waals surface area contributed by atoms with Gasteiger partial charge in [0, 0.05) is 58.2 Å². The Bertz CT molecular complexity index is 929. The SMILES string of the molecule is COCCn1c(C(=O)N2CCN(c3ccccn3)CC2)cc2oc(Br)cc21. The number of hydrogen-bond acceptors (Lipinski definition) is 5. The molecule has 8 heteroatoms. The summed E-state index contributed by atoms with van der Waals surface area (Å²) in [6, 6.07) is 9.60. The summed E-state index contributed by atoms with van der Waals surface area (Å²) in [6.07, 6.45) is 1.79. The largest absolute Gasteiger partial charge is 0.448 e. The highest BCUT2D eigenvalue weighted by molar-refractivity contribution is 9.10. The molecular weight excluding hydrogens is 412 g/mol. The first-order valence-corrected chi connectivity index (χ1v) is 9.69. The van der Waals surface area contributed by atoms with E-state index in [1.54, 1.807) is 13.3 Å². The van der Waals surface area contributed by atoms with Gasteiger partial charge in [0.25, 0.3) is 5.91 Å². The Morgan fingerprint density at radius 3 is 2.78 bits per heavy atom. The molecule has 0 bridgehead atoms. The third kappa shape index (κ3) is 3.59. The van der Waals surface area contributed by atoms with Crippen molar-refractivity contribution in [3.8, 4) is 0 Å². The summed E-state index contributed by atoms with van der Waals surface area (Å²) in [6.45, 7) is 3.99. The van der Waals surface area contributed by atoms with Crippen molar-refractivity contribution in [3.05, 3.63) is 46.9 Å². The van der Waals surface area contributed by atoms with Gasteiger partial charge in [-0.15, -0.1) is 0 Å². The number of aromatic nitrogens is 2. The molecule has 0 radical (unpaired) electrons. The van der Waals surface area contributed by atoms with Gasteiger partial charge in [-0.25, -0.2) is 4.98 Å². The second-order valence-corrected chi connectivity index (χ2v) is 7.22. The molecule has 4 heterocycles. The van der Waals surface area contributed by atoms with Crippen LogP contribution >= 0.6 is 15.9 Å². The summed E-state index contributed by atoms with van der Waals surface area (Å²) in [4.78, 5) is 21.7. The molecular formula is C19H21BrN4O3. The molecule has 1 aliphatic heterocycles. The molecule has 0 atom stereocenters. The summed E-state index contributed by atoms with van der Waals surface area (Å²) in [7, 11) is 1.66. The van der Waals surface area contributed by atoms with Crippen molar-refractivity contribution >= 4 is 38.8 Å². The quantitative estimate of drug-likeness (QED) is 0.619. The van der Waals surface area contributed by atoms with Crippen molar-refractivity contribution < 1.29 is 13.9 Å². The van der Waals surface area contributed by atoms with Crippen molar-refractivity contribution in [3.63, 3.8) is 0 Å². The number of nitrogens with zero attached hydrogens (tertiary/aromatic N) is 4. The van der Waals surface area contributed by atoms with E-state index < -0.39 is 0 Å². The van der Waals surface area contributed by atoms with Crippen molar-refractivity contribution in [1.29, 1.82) is 0 Å². The maximum Gasteiger partial charge on any atom is 0.270 e. The lowest BCUT2D eigenvalue weighted by Gasteiger charge is -2.35. The third-order valence-electron chi connectivity index (χ3n) is 4.84. The lowest BCUT2D eigenvalue weighted by molar-refractivity contribution is 0.0733. The molecule has 1 fully saturated rings. The minimum Gasteiger partial charge on any atom is -0.448 e. The monoisotopic (exact) mass is 432 g/mol. The van der Waals surface area contributed by atoms with Gasteiger partial charge >= 0.3 is 0 Å². The predicted molar refractivity (Wildman–Crippen MR) is 106 cm³/mol. The van der Waals surface area contributed by atoms with Crippen LogP contribution in [0.5, 0.6) is 0 Å². The number of amides is 1. The summed E-state index contributed by atoms with van der Waals surface area (Å²) in [5, 5.41) is 0. The van der Waals surface area contributed by atoms with Crippen LogP contribution in [0.2, 0.25) is 0 Å². The van der Waals surface area contributed by atoms with Gasteiger partial charge in [-0.3, -0.25) is 4.79 Å². The number of anilines is 1. The fourth-order valence-electron chi connectivity index (χ4n) is 3.45. The van der Waals surface area contributed by atoms with Crippen LogP contribution < -0.4 is 4.90 Å². The molecule has 4 rings (SSSR count). The van der Waals surface area contributed by atoms with Gasteiger partial charge < -0.3 is 23.5 Å². The van der Waals surface area contributed by atoms with Crippen molar-refractivity contribution in [2.45, 2.75) is 6.54 Å². The molecule has 3 aromatic rings. The number of piperazine rings is 1. The van der Waals surface area contributed by atoms with Crippen LogP contribution in [0.4, 0.5) is 5.82 Å². The van der Waals surface area contributed by atoms with E-state index >= 15 is 0 Å². The van der Waals surface area contributed by atoms with Crippen LogP contribution in [0, 0.1) is 0 Å². The fraction of sp³-hybridized carbons (Fsp3) is 0.368. The van der Waals surface area contributed by atoms with Crippen LogP contribution in [-0.4, -0.2) is 60.3 Å². The molecule has 27 heavy (non-hydrogen) atoms. The van der Waals surface area contributed by atoms with E-state index in [0.29, 0.717) is 42.2 Å². The van der Waals surface area contributed by atoms with E-state index in [-0.39, 0.29) is 5.91 Å². The van der Waals surface area contributed by atoms with Crippen molar-refractivity contribution in [2.75, 3.05) is 44.8 Å². The van der Waals surface area contributed by atoms with Gasteiger partial charge in [-0.1, -0.05) is 6.07 Å². The van der Waals surface area contributed by atoms with E-state index in [4.69, 9.17) is 9.15 Å². The number of furan rings is 1. The summed E-state index contributed by atoms with van der Waals surface area (Å²) in [5.41, 5.74) is 2.24. The lowest BCUT2D eigenvalue weighted by atomic mass is 10.2. The highest BCUT2D eigenvalue weighted by atomic mass is 79.9. The van der Waals surface area contributed by atoms with Crippen LogP contribution in [0.25, 0.3) is 11.1 Å². The van der Waals surface area contributed by atoms with E-state index in [1.165, 1.54) is 0 Å². The highest BCUT2D eigenvalue weighted by Gasteiger charge is 2.26. The first-order valence-electron chi connectivity index (χ1n) is 8.90. The number of fused-ring (bicyclic) bond motifs is 1. The molecule has 3 aromatic heterocycles. The first kappa shape index (κ1) is 18.1. The van der Waals surface area contributed by atoms with E-state index in [0.717, 1.165) is 24.4 Å². The molecule has 0 aliphatic carbocycles. The molecule has 0 saturated carbocycles. The van der Waals surface area contributed by atoms with Crippen molar-refractivity contribution in [2.24, 2.45) is 0 Å². The number of pyridine rings is 1. The van der Waals surface area contributed by atoms with E-state index in [1.807, 2.05) is 39.8 Å². The van der Waals surface area contributed by atoms with E-state index in [9.17, 15) is 4.79 Å². The van der Waals surface area contributed by atoms with Crippen LogP contribution in [0.1, 0.15) is 10.5 Å². The number of halogens is 1. The molecule has 0 aromatic carbocycles. The molecule has 1 saturated heterocycles. The standard InChI is InChI=1S/C19H21BrN4O3/c1-26-11-10-24-14-13-17(20)27-16(14)12-15(24)19(25)23-8-6-22(7-9-23)18-4-2-3-5-21-18/h2-5,12-13H,6-11H2,1H3. The fourth-order valence-corrected chi connectivity index (χ4v) is 3.84. The Hall–Kier alpha value is -2.32. The van der Waals surface area contributed by atoms with Crippen molar-refractivity contribution in [1.82, 2.24) is 14.5 Å². The summed E-state index contributed by atoms with van der Waals surface area (Å²) in [5.74, 6) is 0.977. The number of hydrogen-bond donors (Lipinski definition) is 0. The second-order valence-electron chi connectivity index (χ2n) is 6.44. The minimum absolute atomic E-state index is 0.0225. The number of carbonyl (C=O) groups excluding carboxylic acids is 1. The molecule has 7 nitrogen and oxygen atoms in total. The Balaban J connectivity index is 1.52. The number of rotatable bonds is 5. The van der Waals surface area contributed by atoms with Crippen LogP contribution in [0.3, 0.4) is 0 Å². The Labute approximate surface area is 165 Å². The third-order valence-corrected chi connectivity index (χ3v) is 5.23. The predicted octanol–water partition coefficient (Wildman–Crippen LogP) is 3.00. The summed E-state index contributed by atoms with van der Waals surface area (Å²) < 4.78 is 13.5. The Kier molecular flexibility index (Phi) is 5.18. The van der Waals surface area contributed by atoms with Crippen LogP contribution in [0.15, 0.2) is 45.6 Å². The van der Waals surface area contributed by atoms with Crippen LogP contribution in [-0.2, 0) is 11.3 Å². The Morgan fingerprint density at radius 2 is 2.07 bits per heavy atom. The number of carbonyl (C=O) groups is 1. The van der Waals surface area contributed by atoms with E-state index in [2.05, 4.69) is 25.8 Å². The van der Waals surface area contributed by atoms with Gasteiger partial charge in [0.1, 0.15) is 11.5 Å². The average molecular weight is 433 g/mol. The first-order chi connectivity index (χ1) is 13.2. The lowest BCUT2D eigenvalue weighted by Crippen LogP contribution is -2.49. The van der Waals surface area contributed by atoms with Gasteiger partial charge in [-0.05, 0) is 28.1 Å². The molecule has 0 N–H and O–H groups in total. The molecule has 1 aliphatic rings. The number of methoxy groups -OCH3 is 1. The molecule has 0 unspecified atom stereocenters. The summed E-state index contributed by atoms with van der Waals surface area (Å²) >= 11 is 3.36. The maximum atomic E-state index is 13.2. The van der Waals surface area contributed by atoms with Gasteiger partial charge in [-0.2, -0.15) is 0 Å². The van der Waals surface area contributed by atoms with Gasteiger partial charge in [0.15, 0.2) is 10.3 Å². The zero-order chi connectivity index (χ0) is 18.8. The Morgan fingerprint density at radius 1 is 1.26 bits per heavy atom. The molecule has 142 valence electrons. The van der Waals surface area contributed by atoms with Gasteiger partial charge in [0.05, 0.1) is 12.1 Å². The average Bonchev–Trinajstić information content (AvgIpc) is 3.22. The smallest absolute Gasteiger partial charge is 0.270 e. The zero-order valence-corrected chi connectivity index (χ0v) is 16.7. The van der Waals surface area contributed by atoms with Gasteiger partial charge in [0.2, 0.25) is 0 Å². The maximum absolute atomic E-state index is 13.2. The minimum atomic E-state index is 0.0225. The topological polar surface area (TPSA) is 63.7 Å². The number of ether oxygens (including phenoxy) is 1. The molecule has 0 spiro atoms. The molecule has 1 amide bonds. The second kappa shape index (κ2) is 7.74. The highest BCUT2D eigenvalue weighted by Crippen LogP contribution is 2.28. The normalized spacial score (nSPS) is 14.9. The zero-order valence-electron chi connectivity index (χ0n) is 15.1.